The van der Waals surface area contributed by atoms with Crippen LogP contribution < -0.4 is 9.47 Å². The Hall–Kier alpha value is -2.86. The van der Waals surface area contributed by atoms with Crippen LogP contribution in [0.25, 0.3) is 11.3 Å². The molecule has 3 aromatic rings. The van der Waals surface area contributed by atoms with E-state index in [0.717, 1.165) is 40.5 Å². The molecule has 1 N–H and O–H groups in total. The predicted molar refractivity (Wildman–Crippen MR) is 103 cm³/mol. The van der Waals surface area contributed by atoms with Gasteiger partial charge in [-0.2, -0.15) is 0 Å². The molecule has 0 saturated carbocycles. The van der Waals surface area contributed by atoms with Crippen LogP contribution in [0.1, 0.15) is 16.0 Å². The molecule has 0 radical (unpaired) electrons. The molecule has 0 atom stereocenters. The fourth-order valence-electron chi connectivity index (χ4n) is 3.05. The van der Waals surface area contributed by atoms with E-state index in [9.17, 15) is 5.11 Å². The number of fused-ring (bicyclic) bond motifs is 3. The van der Waals surface area contributed by atoms with Crippen molar-refractivity contribution in [3.63, 3.8) is 0 Å². The standard InChI is InChI=1S/C20H18N2O3S/c1-24-14-6-4-13-5-8-18-19(15(13)10-14)22-20(26-18)21-11-12-3-7-16(23)17(9-12)25-2/h3-4,6-7,9-11,23H,5,8H2,1-2H3. The van der Waals surface area contributed by atoms with E-state index in [1.54, 1.807) is 42.9 Å². The number of hydrogen-bond donors (Lipinski definition) is 1. The molecule has 2 aromatic carbocycles. The maximum atomic E-state index is 9.68. The lowest BCUT2D eigenvalue weighted by atomic mass is 9.93. The Labute approximate surface area is 155 Å². The second-order valence-electron chi connectivity index (χ2n) is 5.98. The van der Waals surface area contributed by atoms with Crippen LogP contribution in [0.15, 0.2) is 41.4 Å². The molecular weight excluding hydrogens is 348 g/mol. The minimum atomic E-state index is 0.111. The molecule has 0 bridgehead atoms. The number of rotatable bonds is 4. The van der Waals surface area contributed by atoms with Crippen LogP contribution in [0.3, 0.4) is 0 Å². The molecule has 0 unspecified atom stereocenters. The van der Waals surface area contributed by atoms with Crippen molar-refractivity contribution >= 4 is 22.7 Å². The topological polar surface area (TPSA) is 63.9 Å². The lowest BCUT2D eigenvalue weighted by Gasteiger charge is -2.15. The van der Waals surface area contributed by atoms with Gasteiger partial charge in [-0.1, -0.05) is 17.4 Å². The Morgan fingerprint density at radius 2 is 2.00 bits per heavy atom. The molecule has 1 heterocycles. The number of phenols is 1. The Morgan fingerprint density at radius 1 is 1.12 bits per heavy atom. The number of hydrogen-bond acceptors (Lipinski definition) is 6. The predicted octanol–water partition coefficient (Wildman–Crippen LogP) is 4.38. The van der Waals surface area contributed by atoms with E-state index in [-0.39, 0.29) is 5.75 Å². The SMILES string of the molecule is COc1ccc2c(c1)-c1nc(N=Cc3ccc(O)c(OC)c3)sc1CC2. The maximum Gasteiger partial charge on any atom is 0.209 e. The highest BCUT2D eigenvalue weighted by molar-refractivity contribution is 7.15. The molecule has 0 spiro atoms. The average Bonchev–Trinajstić information content (AvgIpc) is 3.10. The lowest BCUT2D eigenvalue weighted by molar-refractivity contribution is 0.373. The van der Waals surface area contributed by atoms with E-state index >= 15 is 0 Å². The first kappa shape index (κ1) is 16.6. The largest absolute Gasteiger partial charge is 0.504 e. The number of ether oxygens (including phenoxy) is 2. The fraction of sp³-hybridized carbons (Fsp3) is 0.200. The summed E-state index contributed by atoms with van der Waals surface area (Å²) in [4.78, 5) is 10.5. The minimum Gasteiger partial charge on any atom is -0.504 e. The number of thiazole rings is 1. The fourth-order valence-corrected chi connectivity index (χ4v) is 3.97. The highest BCUT2D eigenvalue weighted by atomic mass is 32.1. The van der Waals surface area contributed by atoms with E-state index in [2.05, 4.69) is 11.1 Å². The number of methoxy groups -OCH3 is 2. The van der Waals surface area contributed by atoms with Gasteiger partial charge in [-0.3, -0.25) is 0 Å². The van der Waals surface area contributed by atoms with Gasteiger partial charge in [-0.15, -0.1) is 0 Å². The van der Waals surface area contributed by atoms with Gasteiger partial charge in [0.2, 0.25) is 5.13 Å². The Kier molecular flexibility index (Phi) is 4.34. The van der Waals surface area contributed by atoms with Gasteiger partial charge in [0.25, 0.3) is 0 Å². The molecule has 1 aromatic heterocycles. The number of aromatic nitrogens is 1. The zero-order chi connectivity index (χ0) is 18.1. The van der Waals surface area contributed by atoms with Crippen molar-refractivity contribution in [2.24, 2.45) is 4.99 Å². The highest BCUT2D eigenvalue weighted by Crippen LogP contribution is 2.40. The molecular formula is C20H18N2O3S. The van der Waals surface area contributed by atoms with Crippen molar-refractivity contribution in [2.75, 3.05) is 14.2 Å². The van der Waals surface area contributed by atoms with Gasteiger partial charge in [0.05, 0.1) is 19.9 Å². The molecule has 6 heteroatoms. The lowest BCUT2D eigenvalue weighted by Crippen LogP contribution is -2.02. The number of aromatic hydroxyl groups is 1. The first-order chi connectivity index (χ1) is 12.7. The minimum absolute atomic E-state index is 0.111. The number of phenolic OH excluding ortho intramolecular Hbond substituents is 1. The molecule has 1 aliphatic rings. The average molecular weight is 366 g/mol. The Morgan fingerprint density at radius 3 is 2.81 bits per heavy atom. The van der Waals surface area contributed by atoms with Gasteiger partial charge in [0.1, 0.15) is 5.75 Å². The third kappa shape index (κ3) is 3.04. The smallest absolute Gasteiger partial charge is 0.209 e. The van der Waals surface area contributed by atoms with Crippen molar-refractivity contribution in [1.82, 2.24) is 4.98 Å². The summed E-state index contributed by atoms with van der Waals surface area (Å²) in [6, 6.07) is 11.3. The molecule has 132 valence electrons. The van der Waals surface area contributed by atoms with Crippen LogP contribution in [0.4, 0.5) is 5.13 Å². The molecule has 0 amide bonds. The summed E-state index contributed by atoms with van der Waals surface area (Å²) < 4.78 is 10.5. The van der Waals surface area contributed by atoms with Crippen molar-refractivity contribution < 1.29 is 14.6 Å². The molecule has 1 aliphatic carbocycles. The zero-order valence-corrected chi connectivity index (χ0v) is 15.3. The van der Waals surface area contributed by atoms with Crippen LogP contribution in [0.5, 0.6) is 17.2 Å². The van der Waals surface area contributed by atoms with Gasteiger partial charge >= 0.3 is 0 Å². The van der Waals surface area contributed by atoms with Gasteiger partial charge in [0, 0.05) is 16.7 Å². The summed E-state index contributed by atoms with van der Waals surface area (Å²) in [5.74, 6) is 1.37. The van der Waals surface area contributed by atoms with Crippen molar-refractivity contribution in [2.45, 2.75) is 12.8 Å². The molecule has 26 heavy (non-hydrogen) atoms. The van der Waals surface area contributed by atoms with Crippen LogP contribution in [-0.4, -0.2) is 30.5 Å². The second-order valence-corrected chi connectivity index (χ2v) is 7.04. The summed E-state index contributed by atoms with van der Waals surface area (Å²) in [5, 5.41) is 10.4. The van der Waals surface area contributed by atoms with Crippen molar-refractivity contribution in [1.29, 1.82) is 0 Å². The number of aliphatic imine (C=N–C) groups is 1. The van der Waals surface area contributed by atoms with Crippen LogP contribution in [0, 0.1) is 0 Å². The van der Waals surface area contributed by atoms with Crippen molar-refractivity contribution in [3.05, 3.63) is 52.4 Å². The third-order valence-electron chi connectivity index (χ3n) is 4.41. The van der Waals surface area contributed by atoms with E-state index in [1.165, 1.54) is 17.6 Å². The maximum absolute atomic E-state index is 9.68. The molecule has 5 nitrogen and oxygen atoms in total. The first-order valence-corrected chi connectivity index (χ1v) is 9.07. The van der Waals surface area contributed by atoms with E-state index < -0.39 is 0 Å². The third-order valence-corrected chi connectivity index (χ3v) is 5.43. The van der Waals surface area contributed by atoms with Crippen LogP contribution >= 0.6 is 11.3 Å². The van der Waals surface area contributed by atoms with Gasteiger partial charge in [0.15, 0.2) is 11.5 Å². The number of benzene rings is 2. The Bertz CT molecular complexity index is 995. The van der Waals surface area contributed by atoms with Gasteiger partial charge < -0.3 is 14.6 Å². The molecule has 0 saturated heterocycles. The Balaban J connectivity index is 1.65. The summed E-state index contributed by atoms with van der Waals surface area (Å²) in [5.41, 5.74) is 4.28. The first-order valence-electron chi connectivity index (χ1n) is 8.26. The second kappa shape index (κ2) is 6.80. The van der Waals surface area contributed by atoms with Crippen LogP contribution in [0.2, 0.25) is 0 Å². The summed E-state index contributed by atoms with van der Waals surface area (Å²) in [7, 11) is 3.20. The monoisotopic (exact) mass is 366 g/mol. The van der Waals surface area contributed by atoms with Crippen molar-refractivity contribution in [3.8, 4) is 28.5 Å². The van der Waals surface area contributed by atoms with Gasteiger partial charge in [-0.05, 0) is 54.3 Å². The van der Waals surface area contributed by atoms with E-state index in [1.807, 2.05) is 12.1 Å². The molecule has 0 aliphatic heterocycles. The number of nitrogens with zero attached hydrogens (tertiary/aromatic N) is 2. The van der Waals surface area contributed by atoms with E-state index in [0.29, 0.717) is 5.75 Å². The number of aryl methyl sites for hydroxylation is 2. The molecule has 0 fully saturated rings. The normalized spacial score (nSPS) is 12.7. The van der Waals surface area contributed by atoms with Gasteiger partial charge in [-0.25, -0.2) is 9.98 Å². The summed E-state index contributed by atoms with van der Waals surface area (Å²) in [6.07, 6.45) is 3.72. The van der Waals surface area contributed by atoms with E-state index in [4.69, 9.17) is 14.5 Å². The van der Waals surface area contributed by atoms with Crippen LogP contribution in [-0.2, 0) is 12.8 Å². The quantitative estimate of drug-likeness (QED) is 0.696. The zero-order valence-electron chi connectivity index (χ0n) is 14.5. The summed E-state index contributed by atoms with van der Waals surface area (Å²) >= 11 is 1.61. The molecule has 4 rings (SSSR count). The summed E-state index contributed by atoms with van der Waals surface area (Å²) in [6.45, 7) is 0. The highest BCUT2D eigenvalue weighted by Gasteiger charge is 2.21.